The molecule has 0 aliphatic rings. The second-order valence-corrected chi connectivity index (χ2v) is 3.16. The van der Waals surface area contributed by atoms with Gasteiger partial charge in [-0.15, -0.1) is 0 Å². The maximum absolute atomic E-state index is 9.37. The van der Waals surface area contributed by atoms with E-state index in [1.165, 1.54) is 0 Å². The van der Waals surface area contributed by atoms with Gasteiger partial charge >= 0.3 is 0 Å². The van der Waals surface area contributed by atoms with Crippen LogP contribution >= 0.6 is 12.2 Å². The van der Waals surface area contributed by atoms with Gasteiger partial charge in [0.05, 0.1) is 0 Å². The number of nitrogens with zero attached hydrogens (tertiary/aromatic N) is 1. The first-order valence-corrected chi connectivity index (χ1v) is 4.83. The van der Waals surface area contributed by atoms with Gasteiger partial charge in [0.2, 0.25) is 0 Å². The third-order valence-corrected chi connectivity index (χ3v) is 1.80. The number of rotatable bonds is 3. The van der Waals surface area contributed by atoms with E-state index in [1.807, 2.05) is 6.92 Å². The lowest BCUT2D eigenvalue weighted by Crippen LogP contribution is -2.29. The predicted octanol–water partition coefficient (Wildman–Crippen LogP) is 1.48. The minimum absolute atomic E-state index is 0.0909. The summed E-state index contributed by atoms with van der Waals surface area (Å²) in [6, 6.07) is 3.21. The Bertz CT molecular complexity index is 317. The number of aromatic nitrogens is 1. The van der Waals surface area contributed by atoms with Gasteiger partial charge in [-0.3, -0.25) is 0 Å². The van der Waals surface area contributed by atoms with E-state index in [2.05, 4.69) is 15.6 Å². The Morgan fingerprint density at radius 2 is 2.43 bits per heavy atom. The van der Waals surface area contributed by atoms with Crippen molar-refractivity contribution in [3.63, 3.8) is 0 Å². The van der Waals surface area contributed by atoms with Crippen molar-refractivity contribution in [2.45, 2.75) is 13.3 Å². The summed E-state index contributed by atoms with van der Waals surface area (Å²) in [6.45, 7) is 2.85. The average molecular weight is 211 g/mol. The topological polar surface area (TPSA) is 57.2 Å². The molecule has 0 fully saturated rings. The standard InChI is InChI=1S/C9H13N3OS/c1-2-5-11-9(14)12-8-7(13)4-3-6-10-8/h3-4,6,13H,2,5H2,1H3,(H2,10,11,12,14). The Kier molecular flexibility index (Phi) is 4.12. The zero-order valence-electron chi connectivity index (χ0n) is 7.95. The number of anilines is 1. The molecule has 0 bridgehead atoms. The summed E-state index contributed by atoms with van der Waals surface area (Å²) in [6.07, 6.45) is 2.58. The van der Waals surface area contributed by atoms with Crippen LogP contribution in [-0.4, -0.2) is 21.7 Å². The van der Waals surface area contributed by atoms with E-state index in [0.29, 0.717) is 10.9 Å². The van der Waals surface area contributed by atoms with Gasteiger partial charge in [0.25, 0.3) is 0 Å². The zero-order valence-corrected chi connectivity index (χ0v) is 8.77. The number of hydrogen-bond donors (Lipinski definition) is 3. The van der Waals surface area contributed by atoms with Crippen LogP contribution in [0.25, 0.3) is 0 Å². The van der Waals surface area contributed by atoms with Crippen molar-refractivity contribution in [2.75, 3.05) is 11.9 Å². The molecule has 0 radical (unpaired) electrons. The molecule has 4 nitrogen and oxygen atoms in total. The van der Waals surface area contributed by atoms with Crippen molar-refractivity contribution < 1.29 is 5.11 Å². The molecule has 0 saturated carbocycles. The second kappa shape index (κ2) is 5.39. The highest BCUT2D eigenvalue weighted by Crippen LogP contribution is 2.17. The van der Waals surface area contributed by atoms with Gasteiger partial charge in [-0.25, -0.2) is 4.98 Å². The van der Waals surface area contributed by atoms with E-state index >= 15 is 0 Å². The van der Waals surface area contributed by atoms with Crippen molar-refractivity contribution in [1.29, 1.82) is 0 Å². The molecule has 1 aromatic heterocycles. The van der Waals surface area contributed by atoms with Crippen LogP contribution in [0.3, 0.4) is 0 Å². The van der Waals surface area contributed by atoms with Gasteiger partial charge in [-0.2, -0.15) is 0 Å². The van der Waals surface area contributed by atoms with Crippen LogP contribution in [0.4, 0.5) is 5.82 Å². The number of aromatic hydroxyl groups is 1. The minimum Gasteiger partial charge on any atom is -0.504 e. The minimum atomic E-state index is 0.0909. The fourth-order valence-corrected chi connectivity index (χ4v) is 1.08. The lowest BCUT2D eigenvalue weighted by molar-refractivity contribution is 0.475. The first-order valence-electron chi connectivity index (χ1n) is 4.43. The first kappa shape index (κ1) is 10.7. The monoisotopic (exact) mass is 211 g/mol. The number of hydrogen-bond acceptors (Lipinski definition) is 3. The summed E-state index contributed by atoms with van der Waals surface area (Å²) in [4.78, 5) is 3.94. The largest absolute Gasteiger partial charge is 0.504 e. The maximum atomic E-state index is 9.37. The Labute approximate surface area is 88.4 Å². The normalized spacial score (nSPS) is 9.50. The summed E-state index contributed by atoms with van der Waals surface area (Å²) in [5.41, 5.74) is 0. The zero-order chi connectivity index (χ0) is 10.4. The molecular formula is C9H13N3OS. The van der Waals surface area contributed by atoms with Crippen molar-refractivity contribution in [3.8, 4) is 5.75 Å². The van der Waals surface area contributed by atoms with E-state index in [9.17, 15) is 5.11 Å². The molecule has 0 spiro atoms. The van der Waals surface area contributed by atoms with Gasteiger partial charge < -0.3 is 15.7 Å². The highest BCUT2D eigenvalue weighted by molar-refractivity contribution is 7.80. The van der Waals surface area contributed by atoms with E-state index in [1.54, 1.807) is 18.3 Å². The quantitative estimate of drug-likeness (QED) is 0.661. The van der Waals surface area contributed by atoms with E-state index in [-0.39, 0.29) is 5.75 Å². The van der Waals surface area contributed by atoms with E-state index in [0.717, 1.165) is 13.0 Å². The summed E-state index contributed by atoms with van der Waals surface area (Å²) in [5, 5.41) is 15.6. The van der Waals surface area contributed by atoms with Crippen molar-refractivity contribution in [1.82, 2.24) is 10.3 Å². The molecule has 0 aliphatic heterocycles. The lowest BCUT2D eigenvalue weighted by Gasteiger charge is -2.09. The molecule has 1 heterocycles. The average Bonchev–Trinajstić information content (AvgIpc) is 2.18. The van der Waals surface area contributed by atoms with Crippen molar-refractivity contribution in [2.24, 2.45) is 0 Å². The van der Waals surface area contributed by atoms with Crippen molar-refractivity contribution >= 4 is 23.1 Å². The van der Waals surface area contributed by atoms with Gasteiger partial charge in [-0.05, 0) is 30.8 Å². The molecule has 1 aromatic rings. The third-order valence-electron chi connectivity index (χ3n) is 1.55. The third kappa shape index (κ3) is 3.18. The Hall–Kier alpha value is -1.36. The van der Waals surface area contributed by atoms with Crippen LogP contribution in [-0.2, 0) is 0 Å². The van der Waals surface area contributed by atoms with Crippen LogP contribution in [0, 0.1) is 0 Å². The van der Waals surface area contributed by atoms with Crippen LogP contribution in [0.2, 0.25) is 0 Å². The highest BCUT2D eigenvalue weighted by atomic mass is 32.1. The van der Waals surface area contributed by atoms with Crippen LogP contribution < -0.4 is 10.6 Å². The smallest absolute Gasteiger partial charge is 0.174 e. The lowest BCUT2D eigenvalue weighted by atomic mass is 10.4. The number of thiocarbonyl (C=S) groups is 1. The molecule has 0 unspecified atom stereocenters. The van der Waals surface area contributed by atoms with E-state index < -0.39 is 0 Å². The predicted molar refractivity (Wildman–Crippen MR) is 60.4 cm³/mol. The molecule has 0 saturated heterocycles. The molecule has 5 heteroatoms. The molecule has 14 heavy (non-hydrogen) atoms. The first-order chi connectivity index (χ1) is 6.74. The molecule has 1 rings (SSSR count). The van der Waals surface area contributed by atoms with Gasteiger partial charge in [0.1, 0.15) is 0 Å². The fourth-order valence-electron chi connectivity index (χ4n) is 0.883. The van der Waals surface area contributed by atoms with Gasteiger partial charge in [0, 0.05) is 12.7 Å². The van der Waals surface area contributed by atoms with Crippen LogP contribution in [0.15, 0.2) is 18.3 Å². The molecule has 0 aliphatic carbocycles. The second-order valence-electron chi connectivity index (χ2n) is 2.75. The van der Waals surface area contributed by atoms with Crippen LogP contribution in [0.1, 0.15) is 13.3 Å². The summed E-state index contributed by atoms with van der Waals surface area (Å²) in [5.74, 6) is 0.467. The summed E-state index contributed by atoms with van der Waals surface area (Å²) < 4.78 is 0. The Balaban J connectivity index is 2.52. The molecule has 0 aromatic carbocycles. The molecule has 0 atom stereocenters. The van der Waals surface area contributed by atoms with Gasteiger partial charge in [0.15, 0.2) is 16.7 Å². The number of nitrogens with one attached hydrogen (secondary N) is 2. The molecule has 3 N–H and O–H groups in total. The van der Waals surface area contributed by atoms with Crippen LogP contribution in [0.5, 0.6) is 5.75 Å². The fraction of sp³-hybridized carbons (Fsp3) is 0.333. The SMILES string of the molecule is CCCNC(=S)Nc1ncccc1O. The molecule has 0 amide bonds. The van der Waals surface area contributed by atoms with E-state index in [4.69, 9.17) is 12.2 Å². The Morgan fingerprint density at radius 1 is 1.64 bits per heavy atom. The summed E-state index contributed by atoms with van der Waals surface area (Å²) >= 11 is 4.99. The summed E-state index contributed by atoms with van der Waals surface area (Å²) in [7, 11) is 0. The molecular weight excluding hydrogens is 198 g/mol. The highest BCUT2D eigenvalue weighted by Gasteiger charge is 2.02. The van der Waals surface area contributed by atoms with Crippen molar-refractivity contribution in [3.05, 3.63) is 18.3 Å². The number of pyridine rings is 1. The van der Waals surface area contributed by atoms with Gasteiger partial charge in [-0.1, -0.05) is 6.92 Å². The maximum Gasteiger partial charge on any atom is 0.174 e. The molecule has 76 valence electrons. The Morgan fingerprint density at radius 3 is 3.07 bits per heavy atom.